The monoisotopic (exact) mass is 375 g/mol. The molecule has 0 fully saturated rings. The van der Waals surface area contributed by atoms with Gasteiger partial charge in [0.15, 0.2) is 0 Å². The van der Waals surface area contributed by atoms with Gasteiger partial charge in [0.1, 0.15) is 12.4 Å². The highest BCUT2D eigenvalue weighted by Crippen LogP contribution is 2.33. The number of halogens is 2. The summed E-state index contributed by atoms with van der Waals surface area (Å²) in [5.74, 6) is 0.780. The van der Waals surface area contributed by atoms with Crippen LogP contribution in [0.15, 0.2) is 34.8 Å². The van der Waals surface area contributed by atoms with E-state index in [1.807, 2.05) is 30.3 Å². The van der Waals surface area contributed by atoms with Crippen molar-refractivity contribution in [3.8, 4) is 5.75 Å². The molecule has 0 aliphatic heterocycles. The predicted octanol–water partition coefficient (Wildman–Crippen LogP) is 4.24. The zero-order valence-corrected chi connectivity index (χ0v) is 14.1. The minimum Gasteiger partial charge on any atom is -0.490 e. The summed E-state index contributed by atoms with van der Waals surface area (Å²) in [5.41, 5.74) is 7.25. The van der Waals surface area contributed by atoms with Gasteiger partial charge >= 0.3 is 0 Å². The van der Waals surface area contributed by atoms with Gasteiger partial charge in [-0.05, 0) is 45.8 Å². The molecular weight excluding hydrogens is 362 g/mol. The molecule has 2 rings (SSSR count). The van der Waals surface area contributed by atoms with Crippen molar-refractivity contribution in [2.45, 2.75) is 6.04 Å². The van der Waals surface area contributed by atoms with Gasteiger partial charge in [0.25, 0.3) is 0 Å². The van der Waals surface area contributed by atoms with Crippen molar-refractivity contribution in [1.82, 2.24) is 0 Å². The van der Waals surface area contributed by atoms with Crippen LogP contribution in [-0.2, 0) is 4.74 Å². The van der Waals surface area contributed by atoms with Gasteiger partial charge in [-0.15, -0.1) is 11.3 Å². The van der Waals surface area contributed by atoms with Crippen LogP contribution in [0, 0.1) is 0 Å². The van der Waals surface area contributed by atoms with Gasteiger partial charge in [0, 0.05) is 12.0 Å². The number of thiophene rings is 1. The highest BCUT2D eigenvalue weighted by atomic mass is 79.9. The third-order valence-corrected chi connectivity index (χ3v) is 4.69. The van der Waals surface area contributed by atoms with E-state index in [1.165, 1.54) is 11.3 Å². The van der Waals surface area contributed by atoms with Crippen LogP contribution >= 0.6 is 38.9 Å². The summed E-state index contributed by atoms with van der Waals surface area (Å²) in [4.78, 5) is 1.04. The molecule has 0 saturated heterocycles. The number of methoxy groups -OCH3 is 1. The number of benzene rings is 1. The first-order chi connectivity index (χ1) is 9.61. The topological polar surface area (TPSA) is 44.5 Å². The molecule has 0 aliphatic rings. The van der Waals surface area contributed by atoms with Crippen LogP contribution in [0.5, 0.6) is 5.75 Å². The summed E-state index contributed by atoms with van der Waals surface area (Å²) in [6.07, 6.45) is 0. The quantitative estimate of drug-likeness (QED) is 0.767. The molecule has 0 radical (unpaired) electrons. The maximum atomic E-state index is 6.24. The van der Waals surface area contributed by atoms with Crippen molar-refractivity contribution in [3.05, 3.63) is 49.6 Å². The number of ether oxygens (including phenoxy) is 2. The first-order valence-corrected chi connectivity index (χ1v) is 8.02. The van der Waals surface area contributed by atoms with E-state index in [0.29, 0.717) is 13.2 Å². The lowest BCUT2D eigenvalue weighted by atomic mass is 10.1. The van der Waals surface area contributed by atoms with Gasteiger partial charge in [-0.1, -0.05) is 17.7 Å². The molecule has 108 valence electrons. The molecule has 1 unspecified atom stereocenters. The third kappa shape index (κ3) is 3.96. The molecule has 1 heterocycles. The molecule has 1 atom stereocenters. The summed E-state index contributed by atoms with van der Waals surface area (Å²) >= 11 is 10.9. The SMILES string of the molecule is COCCOc1ccc(C(N)c2ccc(Cl)s2)cc1Br. The molecule has 3 nitrogen and oxygen atoms in total. The van der Waals surface area contributed by atoms with Crippen molar-refractivity contribution < 1.29 is 9.47 Å². The predicted molar refractivity (Wildman–Crippen MR) is 86.9 cm³/mol. The van der Waals surface area contributed by atoms with E-state index in [4.69, 9.17) is 26.8 Å². The van der Waals surface area contributed by atoms with E-state index < -0.39 is 0 Å². The minimum atomic E-state index is -0.183. The van der Waals surface area contributed by atoms with Crippen molar-refractivity contribution in [2.24, 2.45) is 5.73 Å². The number of hydrogen-bond donors (Lipinski definition) is 1. The van der Waals surface area contributed by atoms with E-state index in [1.54, 1.807) is 7.11 Å². The number of hydrogen-bond acceptors (Lipinski definition) is 4. The van der Waals surface area contributed by atoms with Crippen LogP contribution < -0.4 is 10.5 Å². The molecule has 2 N–H and O–H groups in total. The van der Waals surface area contributed by atoms with E-state index in [0.717, 1.165) is 25.0 Å². The Balaban J connectivity index is 2.12. The number of rotatable bonds is 6. The molecule has 20 heavy (non-hydrogen) atoms. The zero-order chi connectivity index (χ0) is 14.5. The van der Waals surface area contributed by atoms with E-state index in [2.05, 4.69) is 15.9 Å². The summed E-state index contributed by atoms with van der Waals surface area (Å²) in [6.45, 7) is 1.07. The second-order valence-corrected chi connectivity index (χ2v) is 6.75. The third-order valence-electron chi connectivity index (χ3n) is 2.76. The Morgan fingerprint density at radius 3 is 2.70 bits per heavy atom. The van der Waals surface area contributed by atoms with Crippen LogP contribution in [0.3, 0.4) is 0 Å². The molecule has 0 spiro atoms. The first kappa shape index (κ1) is 15.8. The highest BCUT2D eigenvalue weighted by Gasteiger charge is 2.13. The summed E-state index contributed by atoms with van der Waals surface area (Å²) in [6, 6.07) is 9.47. The molecular formula is C14H15BrClNO2S. The number of nitrogens with two attached hydrogens (primary N) is 1. The smallest absolute Gasteiger partial charge is 0.133 e. The Kier molecular flexibility index (Phi) is 5.86. The fourth-order valence-electron chi connectivity index (χ4n) is 1.72. The van der Waals surface area contributed by atoms with Gasteiger partial charge < -0.3 is 15.2 Å². The van der Waals surface area contributed by atoms with Gasteiger partial charge in [-0.3, -0.25) is 0 Å². The average Bonchev–Trinajstić information content (AvgIpc) is 2.86. The molecule has 1 aromatic carbocycles. The van der Waals surface area contributed by atoms with Crippen molar-refractivity contribution >= 4 is 38.9 Å². The van der Waals surface area contributed by atoms with Crippen molar-refractivity contribution in [1.29, 1.82) is 0 Å². The molecule has 2 aromatic rings. The van der Waals surface area contributed by atoms with E-state index >= 15 is 0 Å². The summed E-state index contributed by atoms with van der Waals surface area (Å²) < 4.78 is 12.2. The summed E-state index contributed by atoms with van der Waals surface area (Å²) in [7, 11) is 1.65. The Bertz CT molecular complexity index is 576. The van der Waals surface area contributed by atoms with Gasteiger partial charge in [0.05, 0.1) is 21.5 Å². The lowest BCUT2D eigenvalue weighted by molar-refractivity contribution is 0.146. The maximum Gasteiger partial charge on any atom is 0.133 e. The molecule has 0 saturated carbocycles. The fourth-order valence-corrected chi connectivity index (χ4v) is 3.32. The fraction of sp³-hybridized carbons (Fsp3) is 0.286. The first-order valence-electron chi connectivity index (χ1n) is 6.04. The molecule has 0 aliphatic carbocycles. The van der Waals surface area contributed by atoms with Gasteiger partial charge in [-0.2, -0.15) is 0 Å². The summed E-state index contributed by atoms with van der Waals surface area (Å²) in [5, 5.41) is 0. The maximum absolute atomic E-state index is 6.24. The Labute approximate surface area is 135 Å². The minimum absolute atomic E-state index is 0.183. The van der Waals surface area contributed by atoms with Gasteiger partial charge in [0.2, 0.25) is 0 Å². The van der Waals surface area contributed by atoms with Crippen LogP contribution in [-0.4, -0.2) is 20.3 Å². The van der Waals surface area contributed by atoms with Crippen LogP contribution in [0.4, 0.5) is 0 Å². The second-order valence-electron chi connectivity index (χ2n) is 4.15. The van der Waals surface area contributed by atoms with Crippen LogP contribution in [0.2, 0.25) is 4.34 Å². The molecule has 6 heteroatoms. The lowest BCUT2D eigenvalue weighted by Crippen LogP contribution is -2.10. The van der Waals surface area contributed by atoms with Crippen molar-refractivity contribution in [2.75, 3.05) is 20.3 Å². The zero-order valence-electron chi connectivity index (χ0n) is 10.9. The van der Waals surface area contributed by atoms with Crippen LogP contribution in [0.25, 0.3) is 0 Å². The molecule has 1 aromatic heterocycles. The average molecular weight is 377 g/mol. The van der Waals surface area contributed by atoms with E-state index in [-0.39, 0.29) is 6.04 Å². The normalized spacial score (nSPS) is 12.4. The molecule has 0 bridgehead atoms. The Hall–Kier alpha value is -0.590. The van der Waals surface area contributed by atoms with Gasteiger partial charge in [-0.25, -0.2) is 0 Å². The lowest BCUT2D eigenvalue weighted by Gasteiger charge is -2.13. The Morgan fingerprint density at radius 2 is 2.10 bits per heavy atom. The van der Waals surface area contributed by atoms with Crippen molar-refractivity contribution in [3.63, 3.8) is 0 Å². The second kappa shape index (κ2) is 7.43. The Morgan fingerprint density at radius 1 is 1.30 bits per heavy atom. The molecule has 0 amide bonds. The van der Waals surface area contributed by atoms with E-state index in [9.17, 15) is 0 Å². The standard InChI is InChI=1S/C14H15BrClNO2S/c1-18-6-7-19-11-3-2-9(8-10(11)15)14(17)12-4-5-13(16)20-12/h2-5,8,14H,6-7,17H2,1H3. The van der Waals surface area contributed by atoms with Crippen LogP contribution in [0.1, 0.15) is 16.5 Å². The highest BCUT2D eigenvalue weighted by molar-refractivity contribution is 9.10. The largest absolute Gasteiger partial charge is 0.490 e.